The number of aromatic nitrogens is 2. The van der Waals surface area contributed by atoms with Crippen molar-refractivity contribution in [2.45, 2.75) is 36.4 Å². The number of nitrogens with two attached hydrogens (primary N) is 1. The largest absolute Gasteiger partial charge is 0.497 e. The highest BCUT2D eigenvalue weighted by Crippen LogP contribution is 2.48. The smallest absolute Gasteiger partial charge is 0.234 e. The number of carbonyl (C=O) groups excluding carboxylic acids is 2. The topological polar surface area (TPSA) is 134 Å². The van der Waals surface area contributed by atoms with Gasteiger partial charge in [-0.05, 0) is 44.0 Å². The summed E-state index contributed by atoms with van der Waals surface area (Å²) in [7, 11) is 1.57. The van der Waals surface area contributed by atoms with Gasteiger partial charge in [0.05, 0.1) is 30.4 Å². The number of thioether (sulfide) groups is 1. The van der Waals surface area contributed by atoms with E-state index in [1.54, 1.807) is 47.6 Å². The Hall–Kier alpha value is -3.66. The lowest BCUT2D eigenvalue weighted by Crippen LogP contribution is -2.38. The van der Waals surface area contributed by atoms with E-state index in [1.807, 2.05) is 19.1 Å². The van der Waals surface area contributed by atoms with E-state index in [0.717, 1.165) is 15.5 Å². The minimum absolute atomic E-state index is 0.0286. The van der Waals surface area contributed by atoms with Gasteiger partial charge in [0, 0.05) is 39.2 Å². The summed E-state index contributed by atoms with van der Waals surface area (Å²) in [4.78, 5) is 29.4. The third-order valence-electron chi connectivity index (χ3n) is 6.23. The van der Waals surface area contributed by atoms with Gasteiger partial charge in [-0.3, -0.25) is 14.5 Å². The summed E-state index contributed by atoms with van der Waals surface area (Å²) < 4.78 is 5.77. The Kier molecular flexibility index (Phi) is 7.51. The van der Waals surface area contributed by atoms with Crippen LogP contribution in [-0.2, 0) is 9.59 Å². The van der Waals surface area contributed by atoms with E-state index in [1.165, 1.54) is 23.1 Å². The molecule has 194 valence electrons. The van der Waals surface area contributed by atoms with Gasteiger partial charge >= 0.3 is 0 Å². The normalized spacial score (nSPS) is 17.3. The molecule has 38 heavy (non-hydrogen) atoms. The summed E-state index contributed by atoms with van der Waals surface area (Å²) in [5, 5.41) is 22.0. The first-order valence-corrected chi connectivity index (χ1v) is 14.4. The molecule has 0 fully saturated rings. The van der Waals surface area contributed by atoms with E-state index >= 15 is 0 Å². The second kappa shape index (κ2) is 11.0. The molecule has 9 nitrogen and oxygen atoms in total. The van der Waals surface area contributed by atoms with Crippen LogP contribution in [-0.4, -0.2) is 34.8 Å². The van der Waals surface area contributed by atoms with Gasteiger partial charge in [0.2, 0.25) is 11.0 Å². The summed E-state index contributed by atoms with van der Waals surface area (Å²) in [5.41, 5.74) is 8.96. The lowest BCUT2D eigenvalue weighted by molar-refractivity contribution is -0.116. The van der Waals surface area contributed by atoms with Crippen LogP contribution in [0.3, 0.4) is 0 Å². The first kappa shape index (κ1) is 26.0. The van der Waals surface area contributed by atoms with Gasteiger partial charge in [0.15, 0.2) is 10.1 Å². The number of allylic oxidation sites excluding steroid dienone is 3. The number of benzene rings is 1. The number of Topliss-reactive ketones (excluding diaryl/α,β-unsaturated/α-hetero) is 1. The number of aryl methyl sites for hydroxylation is 1. The van der Waals surface area contributed by atoms with Crippen molar-refractivity contribution in [2.75, 3.05) is 23.1 Å². The molecular formula is C26H24N6O3S3. The lowest BCUT2D eigenvalue weighted by Gasteiger charge is -2.37. The maximum atomic E-state index is 13.2. The standard InChI is InChI=1S/C26H24N6O3S3/c1-14-9-10-20(37-14)22-17(12-27)24(28)32(18-7-4-8-19(33)23(18)22)25-30-31-26(38-25)36-13-21(34)29-15-5-3-6-16(11-15)35-2/h3,5-6,9-11,22H,4,7-8,13,28H2,1-2H3,(H,29,34). The second-order valence-electron chi connectivity index (χ2n) is 8.68. The molecule has 2 aromatic heterocycles. The molecule has 1 amide bonds. The van der Waals surface area contributed by atoms with Crippen LogP contribution in [0.1, 0.15) is 34.9 Å². The van der Waals surface area contributed by atoms with Crippen molar-refractivity contribution in [3.8, 4) is 11.8 Å². The van der Waals surface area contributed by atoms with Crippen LogP contribution < -0.4 is 20.7 Å². The Balaban J connectivity index is 1.39. The molecule has 0 bridgehead atoms. The maximum absolute atomic E-state index is 13.2. The van der Waals surface area contributed by atoms with Crippen LogP contribution in [0.25, 0.3) is 0 Å². The summed E-state index contributed by atoms with van der Waals surface area (Å²) in [5.74, 6) is 0.411. The molecule has 0 spiro atoms. The molecule has 5 rings (SSSR count). The number of nitrogens with one attached hydrogen (secondary N) is 1. The van der Waals surface area contributed by atoms with Gasteiger partial charge in [0.1, 0.15) is 11.6 Å². The number of ether oxygens (including phenoxy) is 1. The molecular weight excluding hydrogens is 541 g/mol. The molecule has 1 aromatic carbocycles. The average molecular weight is 565 g/mol. The fourth-order valence-electron chi connectivity index (χ4n) is 4.57. The van der Waals surface area contributed by atoms with Crippen LogP contribution in [0.2, 0.25) is 0 Å². The predicted molar refractivity (Wildman–Crippen MR) is 149 cm³/mol. The first-order chi connectivity index (χ1) is 18.4. The molecule has 0 radical (unpaired) electrons. The zero-order chi connectivity index (χ0) is 26.8. The van der Waals surface area contributed by atoms with E-state index in [2.05, 4.69) is 21.6 Å². The number of anilines is 2. The van der Waals surface area contributed by atoms with Gasteiger partial charge in [0.25, 0.3) is 0 Å². The number of nitrogens with zero attached hydrogens (tertiary/aromatic N) is 4. The number of ketones is 1. The van der Waals surface area contributed by atoms with Crippen LogP contribution in [0.5, 0.6) is 5.75 Å². The van der Waals surface area contributed by atoms with E-state index in [-0.39, 0.29) is 23.3 Å². The number of nitriles is 1. The predicted octanol–water partition coefficient (Wildman–Crippen LogP) is 4.95. The Morgan fingerprint density at radius 2 is 2.13 bits per heavy atom. The second-order valence-corrected chi connectivity index (χ2v) is 12.2. The number of carbonyl (C=O) groups is 2. The molecule has 2 aliphatic rings. The van der Waals surface area contributed by atoms with Crippen LogP contribution in [0.15, 0.2) is 63.4 Å². The van der Waals surface area contributed by atoms with E-state index < -0.39 is 5.92 Å². The number of hydrogen-bond donors (Lipinski definition) is 2. The Bertz CT molecular complexity index is 1520. The van der Waals surface area contributed by atoms with Gasteiger partial charge in [-0.2, -0.15) is 5.26 Å². The number of amides is 1. The molecule has 3 aromatic rings. The fraction of sp³-hybridized carbons (Fsp3) is 0.269. The molecule has 1 aliphatic carbocycles. The Morgan fingerprint density at radius 3 is 2.87 bits per heavy atom. The van der Waals surface area contributed by atoms with Crippen molar-refractivity contribution < 1.29 is 14.3 Å². The summed E-state index contributed by atoms with van der Waals surface area (Å²) >= 11 is 4.09. The SMILES string of the molecule is COc1cccc(NC(=O)CSc2nnc(N3C(N)=C(C#N)C(c4ccc(C)s4)C4=C3CCCC4=O)s2)c1. The third-order valence-corrected chi connectivity index (χ3v) is 9.33. The number of thiophene rings is 1. The Labute approximate surface area is 232 Å². The quantitative estimate of drug-likeness (QED) is 0.382. The van der Waals surface area contributed by atoms with Crippen LogP contribution >= 0.6 is 34.4 Å². The summed E-state index contributed by atoms with van der Waals surface area (Å²) in [6.45, 7) is 2.00. The van der Waals surface area contributed by atoms with E-state index in [0.29, 0.717) is 51.3 Å². The summed E-state index contributed by atoms with van der Waals surface area (Å²) in [6, 6.07) is 13.3. The van der Waals surface area contributed by atoms with Crippen molar-refractivity contribution >= 4 is 56.9 Å². The van der Waals surface area contributed by atoms with Gasteiger partial charge < -0.3 is 15.8 Å². The lowest BCUT2D eigenvalue weighted by atomic mass is 9.78. The highest BCUT2D eigenvalue weighted by atomic mass is 32.2. The monoisotopic (exact) mass is 564 g/mol. The van der Waals surface area contributed by atoms with Crippen molar-refractivity contribution in [1.29, 1.82) is 5.26 Å². The first-order valence-electron chi connectivity index (χ1n) is 11.8. The zero-order valence-electron chi connectivity index (χ0n) is 20.7. The van der Waals surface area contributed by atoms with E-state index in [4.69, 9.17) is 10.5 Å². The van der Waals surface area contributed by atoms with Crippen molar-refractivity contribution in [1.82, 2.24) is 10.2 Å². The molecule has 0 saturated carbocycles. The van der Waals surface area contributed by atoms with Crippen molar-refractivity contribution in [2.24, 2.45) is 5.73 Å². The molecule has 3 heterocycles. The molecule has 1 unspecified atom stereocenters. The van der Waals surface area contributed by atoms with Crippen LogP contribution in [0, 0.1) is 18.3 Å². The molecule has 1 atom stereocenters. The third kappa shape index (κ3) is 5.05. The van der Waals surface area contributed by atoms with Crippen LogP contribution in [0.4, 0.5) is 10.8 Å². The molecule has 0 saturated heterocycles. The highest BCUT2D eigenvalue weighted by molar-refractivity contribution is 8.01. The summed E-state index contributed by atoms with van der Waals surface area (Å²) in [6.07, 6.45) is 1.78. The number of rotatable bonds is 7. The zero-order valence-corrected chi connectivity index (χ0v) is 23.1. The fourth-order valence-corrected chi connectivity index (χ4v) is 7.25. The minimum Gasteiger partial charge on any atom is -0.497 e. The van der Waals surface area contributed by atoms with Gasteiger partial charge in [-0.1, -0.05) is 29.2 Å². The van der Waals surface area contributed by atoms with Gasteiger partial charge in [-0.25, -0.2) is 0 Å². The molecule has 1 aliphatic heterocycles. The molecule has 3 N–H and O–H groups in total. The van der Waals surface area contributed by atoms with Crippen molar-refractivity contribution in [3.05, 3.63) is 68.8 Å². The molecule has 12 heteroatoms. The highest BCUT2D eigenvalue weighted by Gasteiger charge is 2.41. The van der Waals surface area contributed by atoms with Gasteiger partial charge in [-0.15, -0.1) is 21.5 Å². The number of methoxy groups -OCH3 is 1. The number of hydrogen-bond acceptors (Lipinski definition) is 11. The van der Waals surface area contributed by atoms with Crippen molar-refractivity contribution in [3.63, 3.8) is 0 Å². The minimum atomic E-state index is -0.472. The maximum Gasteiger partial charge on any atom is 0.234 e. The van der Waals surface area contributed by atoms with E-state index in [9.17, 15) is 14.9 Å². The Morgan fingerprint density at radius 1 is 1.29 bits per heavy atom. The average Bonchev–Trinajstić information content (AvgIpc) is 3.56.